The Morgan fingerprint density at radius 3 is 2.88 bits per heavy atom. The van der Waals surface area contributed by atoms with Crippen molar-refractivity contribution in [1.29, 1.82) is 0 Å². The number of carbonyl (C=O) groups excluding carboxylic acids is 2. The van der Waals surface area contributed by atoms with E-state index in [0.717, 1.165) is 11.1 Å². The molecule has 4 aromatic rings. The van der Waals surface area contributed by atoms with Gasteiger partial charge in [0.05, 0.1) is 11.1 Å². The number of ether oxygens (including phenoxy) is 1. The van der Waals surface area contributed by atoms with Crippen LogP contribution < -0.4 is 20.9 Å². The summed E-state index contributed by atoms with van der Waals surface area (Å²) in [5.74, 6) is -0.261. The Balaban J connectivity index is 1.38. The van der Waals surface area contributed by atoms with Gasteiger partial charge in [-0.3, -0.25) is 14.4 Å². The van der Waals surface area contributed by atoms with Gasteiger partial charge in [0.25, 0.3) is 17.4 Å². The number of thiophene rings is 1. The zero-order valence-corrected chi connectivity index (χ0v) is 18.0. The van der Waals surface area contributed by atoms with Crippen molar-refractivity contribution in [3.8, 4) is 16.9 Å². The average molecular weight is 467 g/mol. The molecule has 0 unspecified atom stereocenters. The molecule has 2 aromatic heterocycles. The predicted molar refractivity (Wildman–Crippen MR) is 122 cm³/mol. The molecule has 2 amide bonds. The number of hydrogen-bond acceptors (Lipinski definition) is 6. The van der Waals surface area contributed by atoms with Crippen LogP contribution in [0, 0.1) is 0 Å². The number of fused-ring (bicyclic) bond motifs is 2. The molecule has 2 aromatic carbocycles. The highest BCUT2D eigenvalue weighted by Gasteiger charge is 2.19. The Kier molecular flexibility index (Phi) is 5.12. The first kappa shape index (κ1) is 20.2. The van der Waals surface area contributed by atoms with Crippen molar-refractivity contribution in [2.45, 2.75) is 6.54 Å². The van der Waals surface area contributed by atoms with Crippen LogP contribution in [0.4, 0.5) is 5.69 Å². The molecule has 1 aliphatic heterocycles. The van der Waals surface area contributed by atoms with Gasteiger partial charge < -0.3 is 20.4 Å². The molecule has 10 heteroatoms. The van der Waals surface area contributed by atoms with Gasteiger partial charge >= 0.3 is 0 Å². The van der Waals surface area contributed by atoms with Gasteiger partial charge in [-0.2, -0.15) is 0 Å². The molecular formula is C22H15ClN4O4S. The number of anilines is 1. The van der Waals surface area contributed by atoms with Crippen molar-refractivity contribution in [2.75, 3.05) is 11.9 Å². The van der Waals surface area contributed by atoms with Crippen LogP contribution in [-0.4, -0.2) is 28.4 Å². The van der Waals surface area contributed by atoms with Crippen LogP contribution in [0.5, 0.6) is 5.75 Å². The van der Waals surface area contributed by atoms with E-state index in [9.17, 15) is 14.4 Å². The summed E-state index contributed by atoms with van der Waals surface area (Å²) < 4.78 is 5.32. The minimum absolute atomic E-state index is 0.0223. The summed E-state index contributed by atoms with van der Waals surface area (Å²) in [7, 11) is 0. The standard InChI is InChI=1S/C22H15ClN4O4S/c23-14-4-2-1-3-12(14)13-10-32-22-18(13)20(29)26-19(27-22)21(30)24-8-11-5-6-16-15(7-11)25-17(28)9-31-16/h1-7,10H,8-9H2,(H,24,30)(H,25,28)(H,26,27,29). The third kappa shape index (κ3) is 3.72. The molecule has 160 valence electrons. The zero-order valence-electron chi connectivity index (χ0n) is 16.4. The van der Waals surface area contributed by atoms with Crippen molar-refractivity contribution in [3.63, 3.8) is 0 Å². The minimum atomic E-state index is -0.519. The summed E-state index contributed by atoms with van der Waals surface area (Å²) >= 11 is 7.55. The van der Waals surface area contributed by atoms with Crippen molar-refractivity contribution >= 4 is 50.7 Å². The van der Waals surface area contributed by atoms with E-state index in [2.05, 4.69) is 20.6 Å². The lowest BCUT2D eigenvalue weighted by Gasteiger charge is -2.18. The first-order valence-corrected chi connectivity index (χ1v) is 10.9. The average Bonchev–Trinajstić information content (AvgIpc) is 3.22. The molecular weight excluding hydrogens is 452 g/mol. The third-order valence-electron chi connectivity index (χ3n) is 4.95. The minimum Gasteiger partial charge on any atom is -0.482 e. The quantitative estimate of drug-likeness (QED) is 0.425. The molecule has 3 N–H and O–H groups in total. The number of carbonyl (C=O) groups is 2. The maximum Gasteiger partial charge on any atom is 0.287 e. The van der Waals surface area contributed by atoms with Crippen LogP contribution in [0.25, 0.3) is 21.3 Å². The van der Waals surface area contributed by atoms with Gasteiger partial charge in [-0.05, 0) is 23.8 Å². The van der Waals surface area contributed by atoms with Crippen molar-refractivity contribution in [3.05, 3.63) is 74.6 Å². The van der Waals surface area contributed by atoms with Crippen LogP contribution in [0.15, 0.2) is 52.6 Å². The molecule has 0 atom stereocenters. The highest BCUT2D eigenvalue weighted by molar-refractivity contribution is 7.17. The van der Waals surface area contributed by atoms with Crippen LogP contribution >= 0.6 is 22.9 Å². The van der Waals surface area contributed by atoms with Gasteiger partial charge in [-0.25, -0.2) is 4.98 Å². The second-order valence-corrected chi connectivity index (χ2v) is 8.34. The number of nitrogens with zero attached hydrogens (tertiary/aromatic N) is 1. The number of H-pyrrole nitrogens is 1. The first-order chi connectivity index (χ1) is 15.5. The van der Waals surface area contributed by atoms with Crippen molar-refractivity contribution < 1.29 is 14.3 Å². The lowest BCUT2D eigenvalue weighted by atomic mass is 10.1. The lowest BCUT2D eigenvalue weighted by Crippen LogP contribution is -2.28. The van der Waals surface area contributed by atoms with Crippen molar-refractivity contribution in [1.82, 2.24) is 15.3 Å². The second-order valence-electron chi connectivity index (χ2n) is 7.07. The number of hydrogen-bond donors (Lipinski definition) is 3. The SMILES string of the molecule is O=C1COc2ccc(CNC(=O)c3nc4scc(-c5ccccc5Cl)c4c(=O)[nH]3)cc2N1. The summed E-state index contributed by atoms with van der Waals surface area (Å²) in [4.78, 5) is 44.2. The van der Waals surface area contributed by atoms with E-state index < -0.39 is 11.5 Å². The molecule has 3 heterocycles. The molecule has 5 rings (SSSR count). The number of rotatable bonds is 4. The molecule has 0 spiro atoms. The van der Waals surface area contributed by atoms with E-state index in [-0.39, 0.29) is 24.9 Å². The van der Waals surface area contributed by atoms with Gasteiger partial charge in [-0.1, -0.05) is 35.9 Å². The maximum absolute atomic E-state index is 12.8. The number of benzene rings is 2. The third-order valence-corrected chi connectivity index (χ3v) is 6.15. The molecule has 0 bridgehead atoms. The fraction of sp³-hybridized carbons (Fsp3) is 0.0909. The van der Waals surface area contributed by atoms with Gasteiger partial charge in [0, 0.05) is 28.1 Å². The molecule has 8 nitrogen and oxygen atoms in total. The van der Waals surface area contributed by atoms with Crippen LogP contribution in [0.3, 0.4) is 0 Å². The Hall–Kier alpha value is -3.69. The van der Waals surface area contributed by atoms with Crippen LogP contribution in [-0.2, 0) is 11.3 Å². The van der Waals surface area contributed by atoms with Crippen LogP contribution in [0.1, 0.15) is 16.2 Å². The predicted octanol–water partition coefficient (Wildman–Crippen LogP) is 3.57. The Bertz CT molecular complexity index is 1450. The van der Waals surface area contributed by atoms with E-state index in [1.807, 2.05) is 18.2 Å². The van der Waals surface area contributed by atoms with Gasteiger partial charge in [-0.15, -0.1) is 11.3 Å². The lowest BCUT2D eigenvalue weighted by molar-refractivity contribution is -0.118. The smallest absolute Gasteiger partial charge is 0.287 e. The Labute approximate surface area is 190 Å². The normalized spacial score (nSPS) is 12.7. The largest absolute Gasteiger partial charge is 0.482 e. The number of aromatic nitrogens is 2. The molecule has 0 saturated carbocycles. The van der Waals surface area contributed by atoms with E-state index >= 15 is 0 Å². The van der Waals surface area contributed by atoms with E-state index in [1.165, 1.54) is 11.3 Å². The van der Waals surface area contributed by atoms with E-state index in [0.29, 0.717) is 32.2 Å². The number of halogens is 1. The second kappa shape index (κ2) is 8.10. The summed E-state index contributed by atoms with van der Waals surface area (Å²) in [6.45, 7) is 0.157. The van der Waals surface area contributed by atoms with E-state index in [1.54, 1.807) is 29.6 Å². The molecule has 0 aliphatic carbocycles. The Morgan fingerprint density at radius 2 is 2.03 bits per heavy atom. The molecule has 0 fully saturated rings. The van der Waals surface area contributed by atoms with Gasteiger partial charge in [0.15, 0.2) is 6.61 Å². The van der Waals surface area contributed by atoms with Gasteiger partial charge in [0.2, 0.25) is 5.82 Å². The fourth-order valence-electron chi connectivity index (χ4n) is 3.44. The zero-order chi connectivity index (χ0) is 22.2. The summed E-state index contributed by atoms with van der Waals surface area (Å²) in [5, 5.41) is 8.18. The topological polar surface area (TPSA) is 113 Å². The fourth-order valence-corrected chi connectivity index (χ4v) is 4.62. The Morgan fingerprint density at radius 1 is 1.19 bits per heavy atom. The molecule has 1 aliphatic rings. The summed E-state index contributed by atoms with van der Waals surface area (Å²) in [6.07, 6.45) is 0. The summed E-state index contributed by atoms with van der Waals surface area (Å²) in [5.41, 5.74) is 2.29. The van der Waals surface area contributed by atoms with E-state index in [4.69, 9.17) is 16.3 Å². The summed E-state index contributed by atoms with van der Waals surface area (Å²) in [6, 6.07) is 12.5. The van der Waals surface area contributed by atoms with Gasteiger partial charge in [0.1, 0.15) is 10.6 Å². The molecule has 0 radical (unpaired) electrons. The highest BCUT2D eigenvalue weighted by atomic mass is 35.5. The first-order valence-electron chi connectivity index (χ1n) is 9.60. The van der Waals surface area contributed by atoms with Crippen LogP contribution in [0.2, 0.25) is 5.02 Å². The molecule has 32 heavy (non-hydrogen) atoms. The molecule has 0 saturated heterocycles. The van der Waals surface area contributed by atoms with Crippen molar-refractivity contribution in [2.24, 2.45) is 0 Å². The maximum atomic E-state index is 12.8. The number of amides is 2. The monoisotopic (exact) mass is 466 g/mol. The number of aromatic amines is 1. The highest BCUT2D eigenvalue weighted by Crippen LogP contribution is 2.35. The number of nitrogens with one attached hydrogen (secondary N) is 3.